The number of rotatable bonds is 2. The summed E-state index contributed by atoms with van der Waals surface area (Å²) in [6.07, 6.45) is 1.62. The van der Waals surface area contributed by atoms with E-state index in [9.17, 15) is 9.90 Å². The van der Waals surface area contributed by atoms with E-state index in [-0.39, 0.29) is 5.69 Å². The van der Waals surface area contributed by atoms with Gasteiger partial charge < -0.3 is 20.1 Å². The van der Waals surface area contributed by atoms with Crippen LogP contribution in [0.4, 0.5) is 0 Å². The Hall–Kier alpha value is -3.22. The lowest BCUT2D eigenvalue weighted by atomic mass is 10.1. The molecule has 27 heavy (non-hydrogen) atoms. The van der Waals surface area contributed by atoms with Crippen LogP contribution in [0.5, 0.6) is 5.75 Å². The van der Waals surface area contributed by atoms with Gasteiger partial charge >= 0.3 is 0 Å². The Morgan fingerprint density at radius 2 is 2.33 bits per heavy atom. The smallest absolute Gasteiger partial charge is 0.268 e. The number of benzene rings is 1. The highest BCUT2D eigenvalue weighted by molar-refractivity contribution is 7.09. The zero-order valence-corrected chi connectivity index (χ0v) is 15.2. The van der Waals surface area contributed by atoms with Gasteiger partial charge in [0.25, 0.3) is 5.91 Å². The highest BCUT2D eigenvalue weighted by Gasteiger charge is 2.24. The lowest BCUT2D eigenvalue weighted by molar-refractivity contribution is 0.0995. The van der Waals surface area contributed by atoms with Crippen molar-refractivity contribution in [2.24, 2.45) is 5.73 Å². The molecule has 0 spiro atoms. The number of nitrogens with zero attached hydrogens (tertiary/aromatic N) is 4. The molecule has 3 aromatic rings. The maximum atomic E-state index is 11.5. The Morgan fingerprint density at radius 1 is 1.48 bits per heavy atom. The molecule has 0 saturated heterocycles. The van der Waals surface area contributed by atoms with Gasteiger partial charge in [0.05, 0.1) is 12.1 Å². The maximum absolute atomic E-state index is 11.5. The number of aromatic nitrogens is 4. The fourth-order valence-electron chi connectivity index (χ4n) is 2.71. The Balaban J connectivity index is 1.75. The third-order valence-electron chi connectivity index (χ3n) is 4.07. The van der Waals surface area contributed by atoms with Gasteiger partial charge in [-0.3, -0.25) is 4.79 Å². The van der Waals surface area contributed by atoms with Crippen LogP contribution in [0.3, 0.4) is 0 Å². The maximum Gasteiger partial charge on any atom is 0.268 e. The molecule has 1 atom stereocenters. The molecule has 136 valence electrons. The number of carbonyl (C=O) groups is 1. The van der Waals surface area contributed by atoms with E-state index in [0.29, 0.717) is 40.9 Å². The number of carbonyl (C=O) groups excluding carboxylic acids is 1. The molecule has 1 aliphatic heterocycles. The van der Waals surface area contributed by atoms with Crippen molar-refractivity contribution in [1.82, 2.24) is 19.7 Å². The number of primary amides is 1. The van der Waals surface area contributed by atoms with E-state index in [2.05, 4.69) is 27.0 Å². The van der Waals surface area contributed by atoms with Gasteiger partial charge in [0.1, 0.15) is 29.4 Å². The number of imidazole rings is 1. The van der Waals surface area contributed by atoms with Crippen LogP contribution in [0.25, 0.3) is 11.4 Å². The molecule has 3 N–H and O–H groups in total. The molecule has 0 radical (unpaired) electrons. The first-order valence-electron chi connectivity index (χ1n) is 8.10. The predicted octanol–water partition coefficient (Wildman–Crippen LogP) is 1.15. The molecule has 0 aliphatic carbocycles. The number of hydrogen-bond donors (Lipinski definition) is 2. The third-order valence-corrected chi connectivity index (χ3v) is 4.97. The number of ether oxygens (including phenoxy) is 1. The number of amides is 1. The van der Waals surface area contributed by atoms with Gasteiger partial charge in [0.15, 0.2) is 10.6 Å². The highest BCUT2D eigenvalue weighted by atomic mass is 32.1. The van der Waals surface area contributed by atoms with Gasteiger partial charge in [0.2, 0.25) is 0 Å². The summed E-state index contributed by atoms with van der Waals surface area (Å²) in [6.45, 7) is 2.57. The monoisotopic (exact) mass is 381 g/mol. The van der Waals surface area contributed by atoms with Crippen LogP contribution in [0.2, 0.25) is 0 Å². The van der Waals surface area contributed by atoms with Crippen LogP contribution in [0.1, 0.15) is 28.0 Å². The Labute approximate surface area is 158 Å². The minimum atomic E-state index is -1.40. The molecule has 3 heterocycles. The van der Waals surface area contributed by atoms with Crippen molar-refractivity contribution in [3.05, 3.63) is 46.2 Å². The SMILES string of the molecule is CC(O)(C#Cc1ccc2c(c1)-c1nc(C(N)=O)cn1CCO2)c1nncs1. The molecule has 8 nitrogen and oxygen atoms in total. The van der Waals surface area contributed by atoms with Crippen LogP contribution in [-0.2, 0) is 12.1 Å². The van der Waals surface area contributed by atoms with Crippen LogP contribution >= 0.6 is 11.3 Å². The van der Waals surface area contributed by atoms with Crippen molar-refractivity contribution in [3.63, 3.8) is 0 Å². The fourth-order valence-corrected chi connectivity index (χ4v) is 3.28. The summed E-state index contributed by atoms with van der Waals surface area (Å²) in [5.74, 6) is 6.44. The van der Waals surface area contributed by atoms with Crippen LogP contribution in [0, 0.1) is 11.8 Å². The summed E-state index contributed by atoms with van der Waals surface area (Å²) in [5.41, 5.74) is 7.07. The van der Waals surface area contributed by atoms with E-state index in [4.69, 9.17) is 10.5 Å². The largest absolute Gasteiger partial charge is 0.491 e. The van der Waals surface area contributed by atoms with Gasteiger partial charge in [-0.05, 0) is 25.1 Å². The lowest BCUT2D eigenvalue weighted by Gasteiger charge is -2.11. The van der Waals surface area contributed by atoms with Gasteiger partial charge in [-0.1, -0.05) is 11.8 Å². The number of hydrogen-bond acceptors (Lipinski definition) is 7. The summed E-state index contributed by atoms with van der Waals surface area (Å²) in [6, 6.07) is 5.41. The van der Waals surface area contributed by atoms with Crippen molar-refractivity contribution in [2.75, 3.05) is 6.61 Å². The molecular formula is C18H15N5O3S. The molecule has 1 aromatic carbocycles. The Bertz CT molecular complexity index is 1080. The minimum Gasteiger partial charge on any atom is -0.491 e. The molecule has 9 heteroatoms. The quantitative estimate of drug-likeness (QED) is 0.644. The summed E-state index contributed by atoms with van der Waals surface area (Å²) in [7, 11) is 0. The second-order valence-electron chi connectivity index (χ2n) is 6.13. The Kier molecular flexibility index (Phi) is 4.14. The van der Waals surface area contributed by atoms with E-state index >= 15 is 0 Å². The predicted molar refractivity (Wildman–Crippen MR) is 98.0 cm³/mol. The lowest BCUT2D eigenvalue weighted by Crippen LogP contribution is -2.18. The van der Waals surface area contributed by atoms with Gasteiger partial charge in [-0.25, -0.2) is 4.98 Å². The minimum absolute atomic E-state index is 0.202. The summed E-state index contributed by atoms with van der Waals surface area (Å²) in [5, 5.41) is 18.5. The topological polar surface area (TPSA) is 116 Å². The molecular weight excluding hydrogens is 366 g/mol. The highest BCUT2D eigenvalue weighted by Crippen LogP contribution is 2.33. The van der Waals surface area contributed by atoms with Gasteiger partial charge in [-0.2, -0.15) is 0 Å². The van der Waals surface area contributed by atoms with Crippen molar-refractivity contribution in [3.8, 4) is 29.0 Å². The van der Waals surface area contributed by atoms with Crippen molar-refractivity contribution >= 4 is 17.2 Å². The van der Waals surface area contributed by atoms with E-state index in [1.54, 1.807) is 30.8 Å². The first-order chi connectivity index (χ1) is 12.9. The zero-order valence-electron chi connectivity index (χ0n) is 14.3. The first kappa shape index (κ1) is 17.2. The second-order valence-corrected chi connectivity index (χ2v) is 6.97. The summed E-state index contributed by atoms with van der Waals surface area (Å²) >= 11 is 1.23. The van der Waals surface area contributed by atoms with Gasteiger partial charge in [-0.15, -0.1) is 21.5 Å². The number of aliphatic hydroxyl groups is 1. The van der Waals surface area contributed by atoms with Crippen LogP contribution < -0.4 is 10.5 Å². The van der Waals surface area contributed by atoms with Crippen LogP contribution in [-0.4, -0.2) is 37.4 Å². The molecule has 1 amide bonds. The third kappa shape index (κ3) is 3.28. The fraction of sp³-hybridized carbons (Fsp3) is 0.222. The van der Waals surface area contributed by atoms with Crippen molar-refractivity contribution in [2.45, 2.75) is 19.1 Å². The molecule has 1 unspecified atom stereocenters. The summed E-state index contributed by atoms with van der Waals surface area (Å²) < 4.78 is 7.59. The molecule has 0 bridgehead atoms. The number of nitrogens with two attached hydrogens (primary N) is 1. The van der Waals surface area contributed by atoms with Crippen LogP contribution in [0.15, 0.2) is 29.9 Å². The first-order valence-corrected chi connectivity index (χ1v) is 8.98. The molecule has 4 rings (SSSR count). The summed E-state index contributed by atoms with van der Waals surface area (Å²) in [4.78, 5) is 15.8. The average molecular weight is 381 g/mol. The molecule has 2 aromatic heterocycles. The van der Waals surface area contributed by atoms with E-state index < -0.39 is 11.5 Å². The van der Waals surface area contributed by atoms with Crippen molar-refractivity contribution in [1.29, 1.82) is 0 Å². The van der Waals surface area contributed by atoms with Gasteiger partial charge in [0, 0.05) is 11.8 Å². The molecule has 0 fully saturated rings. The van der Waals surface area contributed by atoms with E-state index in [1.807, 2.05) is 10.6 Å². The normalized spacial score (nSPS) is 14.6. The van der Waals surface area contributed by atoms with Crippen molar-refractivity contribution < 1.29 is 14.6 Å². The number of fused-ring (bicyclic) bond motifs is 3. The van der Waals surface area contributed by atoms with E-state index in [1.165, 1.54) is 11.3 Å². The molecule has 1 aliphatic rings. The average Bonchev–Trinajstić information content (AvgIpc) is 3.29. The van der Waals surface area contributed by atoms with E-state index in [0.717, 1.165) is 0 Å². The molecule has 0 saturated carbocycles. The standard InChI is InChI=1S/C18H15N5O3S/c1-18(25,17-22-20-10-27-17)5-4-11-2-3-14-12(8-11)16-21-13(15(19)24)9-23(16)6-7-26-14/h2-3,8-10,25H,6-7H2,1H3,(H2,19,24). The second kappa shape index (κ2) is 6.50. The Morgan fingerprint density at radius 3 is 3.07 bits per heavy atom. The zero-order chi connectivity index (χ0) is 19.0.